The highest BCUT2D eigenvalue weighted by Crippen LogP contribution is 2.37. The van der Waals surface area contributed by atoms with E-state index in [0.29, 0.717) is 10.2 Å². The van der Waals surface area contributed by atoms with Gasteiger partial charge in [0.2, 0.25) is 0 Å². The number of carbonyl (C=O) groups is 1. The summed E-state index contributed by atoms with van der Waals surface area (Å²) in [5, 5.41) is 0. The third-order valence-electron chi connectivity index (χ3n) is 3.46. The molecule has 1 aliphatic heterocycles. The molecule has 0 bridgehead atoms. The molecule has 0 saturated heterocycles. The minimum absolute atomic E-state index is 0.220. The molecule has 0 aromatic heterocycles. The summed E-state index contributed by atoms with van der Waals surface area (Å²) in [7, 11) is 0. The first-order valence-corrected chi connectivity index (χ1v) is 7.06. The standard InChI is InChI=1S/C15H12BrFO2/c16-12-7-9(5-6-13(12)17)8-14-10-3-1-2-4-11(10)15(18)19-14/h5-8H,1-4H2/b14-8+. The molecule has 0 spiro atoms. The molecule has 1 aromatic carbocycles. The Kier molecular flexibility index (Phi) is 3.27. The first-order valence-electron chi connectivity index (χ1n) is 6.26. The van der Waals surface area contributed by atoms with Crippen LogP contribution in [0.3, 0.4) is 0 Å². The molecule has 0 fully saturated rings. The summed E-state index contributed by atoms with van der Waals surface area (Å²) in [6, 6.07) is 4.74. The van der Waals surface area contributed by atoms with Crippen LogP contribution < -0.4 is 0 Å². The molecular formula is C15H12BrFO2. The van der Waals surface area contributed by atoms with E-state index in [0.717, 1.165) is 42.4 Å². The number of carbonyl (C=O) groups excluding carboxylic acids is 1. The normalized spacial score (nSPS) is 20.7. The van der Waals surface area contributed by atoms with Gasteiger partial charge >= 0.3 is 5.97 Å². The summed E-state index contributed by atoms with van der Waals surface area (Å²) in [4.78, 5) is 11.7. The van der Waals surface area contributed by atoms with Crippen LogP contribution in [0.4, 0.5) is 4.39 Å². The van der Waals surface area contributed by atoms with Gasteiger partial charge in [-0.25, -0.2) is 9.18 Å². The van der Waals surface area contributed by atoms with E-state index in [9.17, 15) is 9.18 Å². The minimum atomic E-state index is -0.303. The van der Waals surface area contributed by atoms with E-state index in [1.54, 1.807) is 18.2 Å². The number of hydrogen-bond acceptors (Lipinski definition) is 2. The number of ether oxygens (including phenoxy) is 1. The second kappa shape index (κ2) is 4.93. The molecule has 98 valence electrons. The van der Waals surface area contributed by atoms with E-state index in [1.165, 1.54) is 6.07 Å². The van der Waals surface area contributed by atoms with Crippen molar-refractivity contribution in [1.82, 2.24) is 0 Å². The largest absolute Gasteiger partial charge is 0.423 e. The van der Waals surface area contributed by atoms with Crippen LogP contribution in [0.5, 0.6) is 0 Å². The summed E-state index contributed by atoms with van der Waals surface area (Å²) in [5.74, 6) is 0.100. The average Bonchev–Trinajstić information content (AvgIpc) is 2.72. The number of esters is 1. The Morgan fingerprint density at radius 2 is 1.95 bits per heavy atom. The first-order chi connectivity index (χ1) is 9.15. The van der Waals surface area contributed by atoms with Crippen molar-refractivity contribution in [1.29, 1.82) is 0 Å². The third-order valence-corrected chi connectivity index (χ3v) is 4.06. The van der Waals surface area contributed by atoms with Gasteiger partial charge in [0.25, 0.3) is 0 Å². The number of rotatable bonds is 1. The van der Waals surface area contributed by atoms with Crippen LogP contribution in [0, 0.1) is 5.82 Å². The molecule has 0 amide bonds. The maximum absolute atomic E-state index is 13.2. The Morgan fingerprint density at radius 1 is 1.21 bits per heavy atom. The van der Waals surface area contributed by atoms with Crippen molar-refractivity contribution in [2.45, 2.75) is 25.7 Å². The van der Waals surface area contributed by atoms with Crippen LogP contribution in [0.25, 0.3) is 6.08 Å². The Morgan fingerprint density at radius 3 is 2.68 bits per heavy atom. The lowest BCUT2D eigenvalue weighted by Gasteiger charge is -2.10. The van der Waals surface area contributed by atoms with Gasteiger partial charge in [0.15, 0.2) is 0 Å². The average molecular weight is 323 g/mol. The number of benzene rings is 1. The molecule has 1 aliphatic carbocycles. The van der Waals surface area contributed by atoms with Gasteiger partial charge in [0.05, 0.1) is 4.47 Å². The lowest BCUT2D eigenvalue weighted by molar-refractivity contribution is -0.133. The van der Waals surface area contributed by atoms with Crippen LogP contribution in [0.15, 0.2) is 39.6 Å². The molecule has 4 heteroatoms. The summed E-state index contributed by atoms with van der Waals surface area (Å²) >= 11 is 3.15. The highest BCUT2D eigenvalue weighted by Gasteiger charge is 2.31. The van der Waals surface area contributed by atoms with Crippen molar-refractivity contribution < 1.29 is 13.9 Å². The molecule has 3 rings (SSSR count). The first kappa shape index (κ1) is 12.6. The van der Waals surface area contributed by atoms with Gasteiger partial charge in [-0.1, -0.05) is 6.07 Å². The van der Waals surface area contributed by atoms with Crippen molar-refractivity contribution in [2.24, 2.45) is 0 Å². The monoisotopic (exact) mass is 322 g/mol. The predicted molar refractivity (Wildman–Crippen MR) is 73.7 cm³/mol. The fraction of sp³-hybridized carbons (Fsp3) is 0.267. The molecule has 0 unspecified atom stereocenters. The van der Waals surface area contributed by atoms with E-state index in [2.05, 4.69) is 15.9 Å². The van der Waals surface area contributed by atoms with Gasteiger partial charge in [0, 0.05) is 11.1 Å². The Labute approximate surface area is 119 Å². The summed E-state index contributed by atoms with van der Waals surface area (Å²) in [6.45, 7) is 0. The highest BCUT2D eigenvalue weighted by molar-refractivity contribution is 9.10. The Balaban J connectivity index is 1.98. The van der Waals surface area contributed by atoms with E-state index < -0.39 is 0 Å². The lowest BCUT2D eigenvalue weighted by atomic mass is 9.92. The second-order valence-corrected chi connectivity index (χ2v) is 5.59. The zero-order valence-corrected chi connectivity index (χ0v) is 11.8. The van der Waals surface area contributed by atoms with Crippen molar-refractivity contribution >= 4 is 28.0 Å². The fourth-order valence-electron chi connectivity index (χ4n) is 2.50. The fourth-order valence-corrected chi connectivity index (χ4v) is 2.89. The number of hydrogen-bond donors (Lipinski definition) is 0. The van der Waals surface area contributed by atoms with Gasteiger partial charge in [-0.05, 0) is 65.4 Å². The Bertz CT molecular complexity index is 617. The van der Waals surface area contributed by atoms with E-state index in [1.807, 2.05) is 0 Å². The molecular weight excluding hydrogens is 311 g/mol. The molecule has 1 heterocycles. The number of halogens is 2. The summed E-state index contributed by atoms with van der Waals surface area (Å²) in [5.41, 5.74) is 2.66. The van der Waals surface area contributed by atoms with Gasteiger partial charge < -0.3 is 4.74 Å². The topological polar surface area (TPSA) is 26.3 Å². The van der Waals surface area contributed by atoms with Crippen LogP contribution in [0.2, 0.25) is 0 Å². The zero-order valence-electron chi connectivity index (χ0n) is 10.2. The molecule has 0 atom stereocenters. The summed E-state index contributed by atoms with van der Waals surface area (Å²) in [6.07, 6.45) is 5.62. The van der Waals surface area contributed by atoms with Crippen LogP contribution in [-0.2, 0) is 9.53 Å². The molecule has 0 N–H and O–H groups in total. The van der Waals surface area contributed by atoms with Crippen LogP contribution in [0.1, 0.15) is 31.2 Å². The molecule has 2 nitrogen and oxygen atoms in total. The Hall–Kier alpha value is -1.42. The van der Waals surface area contributed by atoms with Gasteiger partial charge in [0.1, 0.15) is 11.6 Å². The van der Waals surface area contributed by atoms with E-state index in [-0.39, 0.29) is 11.8 Å². The molecule has 2 aliphatic rings. The second-order valence-electron chi connectivity index (χ2n) is 4.74. The summed E-state index contributed by atoms with van der Waals surface area (Å²) < 4.78 is 18.9. The smallest absolute Gasteiger partial charge is 0.339 e. The van der Waals surface area contributed by atoms with Gasteiger partial charge in [-0.2, -0.15) is 0 Å². The van der Waals surface area contributed by atoms with Crippen LogP contribution in [-0.4, -0.2) is 5.97 Å². The number of allylic oxidation sites excluding steroid dienone is 1. The maximum Gasteiger partial charge on any atom is 0.339 e. The maximum atomic E-state index is 13.2. The van der Waals surface area contributed by atoms with E-state index in [4.69, 9.17) is 4.74 Å². The van der Waals surface area contributed by atoms with Gasteiger partial charge in [-0.3, -0.25) is 0 Å². The van der Waals surface area contributed by atoms with Crippen molar-refractivity contribution in [2.75, 3.05) is 0 Å². The molecule has 0 radical (unpaired) electrons. The van der Waals surface area contributed by atoms with Crippen molar-refractivity contribution in [3.63, 3.8) is 0 Å². The van der Waals surface area contributed by atoms with Gasteiger partial charge in [-0.15, -0.1) is 0 Å². The zero-order chi connectivity index (χ0) is 13.4. The molecule has 0 saturated carbocycles. The molecule has 1 aromatic rings. The number of cyclic esters (lactones) is 1. The lowest BCUT2D eigenvalue weighted by Crippen LogP contribution is -2.01. The minimum Gasteiger partial charge on any atom is -0.423 e. The van der Waals surface area contributed by atoms with Crippen molar-refractivity contribution in [3.05, 3.63) is 51.0 Å². The predicted octanol–water partition coefficient (Wildman–Crippen LogP) is 4.36. The van der Waals surface area contributed by atoms with Crippen molar-refractivity contribution in [3.8, 4) is 0 Å². The SMILES string of the molecule is O=C1O/C(=C/c2ccc(F)c(Br)c2)C2=C1CCCC2. The van der Waals surface area contributed by atoms with Crippen LogP contribution >= 0.6 is 15.9 Å². The van der Waals surface area contributed by atoms with E-state index >= 15 is 0 Å². The quantitative estimate of drug-likeness (QED) is 0.718. The molecule has 19 heavy (non-hydrogen) atoms. The third kappa shape index (κ3) is 2.37. The highest BCUT2D eigenvalue weighted by atomic mass is 79.9.